The van der Waals surface area contributed by atoms with E-state index in [-0.39, 0.29) is 0 Å². The van der Waals surface area contributed by atoms with Crippen LogP contribution in [0, 0.1) is 5.92 Å². The third-order valence-corrected chi connectivity index (χ3v) is 4.07. The molecule has 0 bridgehead atoms. The van der Waals surface area contributed by atoms with E-state index < -0.39 is 5.60 Å². The number of benzene rings is 1. The molecule has 0 spiro atoms. The number of nitrogens with one attached hydrogen (secondary N) is 1. The number of hydrogen-bond donors (Lipinski definition) is 3. The van der Waals surface area contributed by atoms with Gasteiger partial charge in [0, 0.05) is 30.1 Å². The van der Waals surface area contributed by atoms with E-state index in [4.69, 9.17) is 10.5 Å². The molecule has 0 unspecified atom stereocenters. The van der Waals surface area contributed by atoms with Crippen LogP contribution in [0.1, 0.15) is 39.5 Å². The zero-order valence-corrected chi connectivity index (χ0v) is 12.5. The second kappa shape index (κ2) is 6.35. The van der Waals surface area contributed by atoms with Crippen LogP contribution >= 0.6 is 0 Å². The molecule has 4 N–H and O–H groups in total. The topological polar surface area (TPSA) is 67.5 Å². The lowest BCUT2D eigenvalue weighted by Crippen LogP contribution is -2.40. The summed E-state index contributed by atoms with van der Waals surface area (Å²) in [6.45, 7) is 5.38. The van der Waals surface area contributed by atoms with E-state index in [2.05, 4.69) is 12.2 Å². The number of hydrogen-bond acceptors (Lipinski definition) is 4. The maximum absolute atomic E-state index is 10.6. The second-order valence-electron chi connectivity index (χ2n) is 5.98. The Morgan fingerprint density at radius 3 is 2.70 bits per heavy atom. The molecule has 1 aromatic carbocycles. The fourth-order valence-corrected chi connectivity index (χ4v) is 2.72. The highest BCUT2D eigenvalue weighted by Gasteiger charge is 2.31. The van der Waals surface area contributed by atoms with Gasteiger partial charge in [0.2, 0.25) is 0 Å². The number of nitrogens with two attached hydrogens (primary N) is 1. The van der Waals surface area contributed by atoms with Crippen molar-refractivity contribution in [3.8, 4) is 5.75 Å². The molecule has 4 nitrogen and oxygen atoms in total. The molecule has 2 rings (SSSR count). The van der Waals surface area contributed by atoms with Crippen molar-refractivity contribution in [3.05, 3.63) is 18.2 Å². The molecule has 1 aliphatic carbocycles. The van der Waals surface area contributed by atoms with Gasteiger partial charge < -0.3 is 20.9 Å². The molecular weight excluding hydrogens is 252 g/mol. The minimum absolute atomic E-state index is 0.564. The second-order valence-corrected chi connectivity index (χ2v) is 5.98. The summed E-state index contributed by atoms with van der Waals surface area (Å²) in [7, 11) is 0. The zero-order chi connectivity index (χ0) is 14.6. The fraction of sp³-hybridized carbons (Fsp3) is 0.625. The van der Waals surface area contributed by atoms with E-state index in [1.165, 1.54) is 0 Å². The average Bonchev–Trinajstić information content (AvgIpc) is 2.40. The van der Waals surface area contributed by atoms with Gasteiger partial charge in [0.05, 0.1) is 12.2 Å². The average molecular weight is 278 g/mol. The number of nitrogen functional groups attached to an aromatic ring is 1. The van der Waals surface area contributed by atoms with Crippen LogP contribution in [0.25, 0.3) is 0 Å². The van der Waals surface area contributed by atoms with E-state index in [1.54, 1.807) is 0 Å². The van der Waals surface area contributed by atoms with Gasteiger partial charge >= 0.3 is 0 Å². The summed E-state index contributed by atoms with van der Waals surface area (Å²) < 4.78 is 5.48. The molecule has 0 amide bonds. The van der Waals surface area contributed by atoms with Crippen molar-refractivity contribution in [2.45, 2.75) is 45.1 Å². The summed E-state index contributed by atoms with van der Waals surface area (Å²) in [5, 5.41) is 13.9. The molecule has 0 heterocycles. The van der Waals surface area contributed by atoms with Crippen LogP contribution in [-0.4, -0.2) is 23.9 Å². The first-order valence-corrected chi connectivity index (χ1v) is 7.50. The van der Waals surface area contributed by atoms with Crippen molar-refractivity contribution >= 4 is 11.4 Å². The van der Waals surface area contributed by atoms with E-state index in [1.807, 2.05) is 25.1 Å². The van der Waals surface area contributed by atoms with Crippen molar-refractivity contribution in [2.75, 3.05) is 24.2 Å². The Morgan fingerprint density at radius 2 is 2.05 bits per heavy atom. The molecule has 0 aliphatic heterocycles. The van der Waals surface area contributed by atoms with Crippen LogP contribution in [0.2, 0.25) is 0 Å². The van der Waals surface area contributed by atoms with Crippen LogP contribution in [0.15, 0.2) is 18.2 Å². The van der Waals surface area contributed by atoms with Crippen LogP contribution in [0.5, 0.6) is 5.75 Å². The fourth-order valence-electron chi connectivity index (χ4n) is 2.72. The lowest BCUT2D eigenvalue weighted by Gasteiger charge is -2.35. The van der Waals surface area contributed by atoms with Crippen molar-refractivity contribution in [2.24, 2.45) is 5.92 Å². The number of rotatable bonds is 5. The summed E-state index contributed by atoms with van der Waals surface area (Å²) in [6.07, 6.45) is 3.92. The highest BCUT2D eigenvalue weighted by molar-refractivity contribution is 5.59. The molecule has 4 heteroatoms. The van der Waals surface area contributed by atoms with Crippen LogP contribution < -0.4 is 15.8 Å². The van der Waals surface area contributed by atoms with Gasteiger partial charge in [-0.25, -0.2) is 0 Å². The predicted octanol–water partition coefficient (Wildman–Crippen LogP) is 3.02. The molecule has 0 aromatic heterocycles. The minimum Gasteiger partial charge on any atom is -0.494 e. The van der Waals surface area contributed by atoms with E-state index >= 15 is 0 Å². The number of anilines is 2. The Bertz CT molecular complexity index is 440. The third kappa shape index (κ3) is 4.04. The van der Waals surface area contributed by atoms with Gasteiger partial charge in [-0.3, -0.25) is 0 Å². The number of ether oxygens (including phenoxy) is 1. The van der Waals surface area contributed by atoms with Crippen molar-refractivity contribution in [1.29, 1.82) is 0 Å². The molecule has 1 saturated carbocycles. The summed E-state index contributed by atoms with van der Waals surface area (Å²) in [6, 6.07) is 5.61. The van der Waals surface area contributed by atoms with E-state index in [0.29, 0.717) is 18.8 Å². The first kappa shape index (κ1) is 15.0. The highest BCUT2D eigenvalue weighted by atomic mass is 16.5. The van der Waals surface area contributed by atoms with Gasteiger partial charge in [0.15, 0.2) is 0 Å². The Morgan fingerprint density at radius 1 is 1.35 bits per heavy atom. The molecular formula is C16H26N2O2. The Balaban J connectivity index is 1.96. The molecule has 0 saturated heterocycles. The Hall–Kier alpha value is -1.42. The normalized spacial score (nSPS) is 26.2. The quantitative estimate of drug-likeness (QED) is 0.724. The third-order valence-electron chi connectivity index (χ3n) is 4.07. The summed E-state index contributed by atoms with van der Waals surface area (Å²) in [5.74, 6) is 1.49. The Labute approximate surface area is 121 Å². The molecule has 112 valence electrons. The Kier molecular flexibility index (Phi) is 4.76. The van der Waals surface area contributed by atoms with Crippen molar-refractivity contribution < 1.29 is 9.84 Å². The van der Waals surface area contributed by atoms with Gasteiger partial charge in [-0.2, -0.15) is 0 Å². The van der Waals surface area contributed by atoms with Gasteiger partial charge in [0.25, 0.3) is 0 Å². The molecule has 1 aromatic rings. The molecule has 1 fully saturated rings. The van der Waals surface area contributed by atoms with Crippen molar-refractivity contribution in [1.82, 2.24) is 0 Å². The number of aliphatic hydroxyl groups is 1. The van der Waals surface area contributed by atoms with Crippen LogP contribution in [0.3, 0.4) is 0 Å². The molecule has 0 radical (unpaired) electrons. The molecule has 20 heavy (non-hydrogen) atoms. The van der Waals surface area contributed by atoms with E-state index in [9.17, 15) is 5.11 Å². The van der Waals surface area contributed by atoms with Gasteiger partial charge in [0.1, 0.15) is 5.75 Å². The summed E-state index contributed by atoms with van der Waals surface area (Å²) in [4.78, 5) is 0. The molecule has 1 aliphatic rings. The first-order valence-electron chi connectivity index (χ1n) is 7.50. The van der Waals surface area contributed by atoms with E-state index in [0.717, 1.165) is 43.0 Å². The first-order chi connectivity index (χ1) is 9.50. The monoisotopic (exact) mass is 278 g/mol. The van der Waals surface area contributed by atoms with Gasteiger partial charge in [-0.05, 0) is 44.6 Å². The lowest BCUT2D eigenvalue weighted by atomic mass is 9.79. The smallest absolute Gasteiger partial charge is 0.123 e. The largest absolute Gasteiger partial charge is 0.494 e. The highest BCUT2D eigenvalue weighted by Crippen LogP contribution is 2.32. The van der Waals surface area contributed by atoms with Crippen LogP contribution in [0.4, 0.5) is 11.4 Å². The van der Waals surface area contributed by atoms with Gasteiger partial charge in [-0.15, -0.1) is 0 Å². The van der Waals surface area contributed by atoms with Gasteiger partial charge in [-0.1, -0.05) is 6.92 Å². The SMILES string of the molecule is CCOc1cc(N)cc(NCC2(O)CCC(C)CC2)c1. The van der Waals surface area contributed by atoms with Crippen molar-refractivity contribution in [3.63, 3.8) is 0 Å². The maximum Gasteiger partial charge on any atom is 0.123 e. The standard InChI is InChI=1S/C16H26N2O2/c1-3-20-15-9-13(17)8-14(10-15)18-11-16(19)6-4-12(2)5-7-16/h8-10,12,18-19H,3-7,11,17H2,1-2H3. The van der Waals surface area contributed by atoms with Crippen LogP contribution in [-0.2, 0) is 0 Å². The minimum atomic E-state index is -0.594. The lowest BCUT2D eigenvalue weighted by molar-refractivity contribution is 0.00501. The predicted molar refractivity (Wildman–Crippen MR) is 83.1 cm³/mol. The summed E-state index contributed by atoms with van der Waals surface area (Å²) in [5.41, 5.74) is 6.85. The zero-order valence-electron chi connectivity index (χ0n) is 12.5. The summed E-state index contributed by atoms with van der Waals surface area (Å²) >= 11 is 0. The molecule has 0 atom stereocenters. The maximum atomic E-state index is 10.6.